The van der Waals surface area contributed by atoms with E-state index >= 15 is 0 Å². The minimum absolute atomic E-state index is 0.0141. The number of nitrogens with one attached hydrogen (secondary N) is 2. The van der Waals surface area contributed by atoms with Crippen LogP contribution in [0, 0.1) is 0 Å². The van der Waals surface area contributed by atoms with Gasteiger partial charge in [0.2, 0.25) is 5.91 Å². The third-order valence-electron chi connectivity index (χ3n) is 5.07. The summed E-state index contributed by atoms with van der Waals surface area (Å²) in [7, 11) is 3.18. The molecule has 1 aliphatic heterocycles. The van der Waals surface area contributed by atoms with Crippen molar-refractivity contribution in [3.8, 4) is 17.2 Å². The van der Waals surface area contributed by atoms with E-state index < -0.39 is 0 Å². The molecule has 166 valence electrons. The molecule has 1 fully saturated rings. The number of rotatable bonds is 9. The van der Waals surface area contributed by atoms with Gasteiger partial charge in [-0.3, -0.25) is 4.79 Å². The van der Waals surface area contributed by atoms with Crippen LogP contribution in [0.4, 0.5) is 10.5 Å². The second-order valence-electron chi connectivity index (χ2n) is 7.17. The Hall–Kier alpha value is -3.42. The number of carbonyl (C=O) groups is 2. The third-order valence-corrected chi connectivity index (χ3v) is 5.07. The molecule has 8 nitrogen and oxygen atoms in total. The Morgan fingerprint density at radius 2 is 1.84 bits per heavy atom. The Balaban J connectivity index is 1.46. The molecule has 0 bridgehead atoms. The molecular formula is C23H29N3O5. The second kappa shape index (κ2) is 10.6. The predicted octanol–water partition coefficient (Wildman–Crippen LogP) is 2.75. The van der Waals surface area contributed by atoms with Gasteiger partial charge in [0.25, 0.3) is 0 Å². The van der Waals surface area contributed by atoms with Gasteiger partial charge >= 0.3 is 6.03 Å². The monoisotopic (exact) mass is 427 g/mol. The number of urea groups is 1. The molecule has 1 saturated heterocycles. The van der Waals surface area contributed by atoms with Crippen LogP contribution in [-0.4, -0.2) is 51.9 Å². The van der Waals surface area contributed by atoms with Gasteiger partial charge in [0, 0.05) is 25.2 Å². The number of amides is 3. The molecule has 1 aliphatic rings. The molecule has 0 radical (unpaired) electrons. The van der Waals surface area contributed by atoms with Gasteiger partial charge in [-0.25, -0.2) is 4.79 Å². The van der Waals surface area contributed by atoms with Crippen molar-refractivity contribution < 1.29 is 23.8 Å². The summed E-state index contributed by atoms with van der Waals surface area (Å²) >= 11 is 0. The lowest BCUT2D eigenvalue weighted by atomic mass is 10.1. The minimum atomic E-state index is -0.285. The molecule has 2 aromatic carbocycles. The lowest BCUT2D eigenvalue weighted by Crippen LogP contribution is -2.43. The molecular weight excluding hydrogens is 398 g/mol. The first kappa shape index (κ1) is 22.3. The second-order valence-corrected chi connectivity index (χ2v) is 7.17. The summed E-state index contributed by atoms with van der Waals surface area (Å²) < 4.78 is 16.0. The minimum Gasteiger partial charge on any atom is -0.494 e. The van der Waals surface area contributed by atoms with Crippen LogP contribution in [0.3, 0.4) is 0 Å². The molecule has 1 heterocycles. The molecule has 31 heavy (non-hydrogen) atoms. The van der Waals surface area contributed by atoms with Gasteiger partial charge in [0.15, 0.2) is 11.5 Å². The van der Waals surface area contributed by atoms with Crippen LogP contribution in [0.1, 0.15) is 18.9 Å². The van der Waals surface area contributed by atoms with Crippen molar-refractivity contribution in [2.45, 2.75) is 25.8 Å². The first-order valence-corrected chi connectivity index (χ1v) is 10.3. The number of carbonyl (C=O) groups excluding carboxylic acids is 2. The molecule has 0 saturated carbocycles. The molecule has 0 aliphatic carbocycles. The van der Waals surface area contributed by atoms with Gasteiger partial charge in [0.05, 0.1) is 26.9 Å². The van der Waals surface area contributed by atoms with Crippen LogP contribution in [0.5, 0.6) is 17.2 Å². The molecule has 8 heteroatoms. The summed E-state index contributed by atoms with van der Waals surface area (Å²) in [4.78, 5) is 26.3. The Labute approximate surface area is 182 Å². The van der Waals surface area contributed by atoms with Crippen LogP contribution in [-0.2, 0) is 11.2 Å². The zero-order chi connectivity index (χ0) is 22.2. The fourth-order valence-corrected chi connectivity index (χ4v) is 3.54. The maximum Gasteiger partial charge on any atom is 0.315 e. The van der Waals surface area contributed by atoms with Crippen molar-refractivity contribution in [1.29, 1.82) is 0 Å². The van der Waals surface area contributed by atoms with E-state index in [0.29, 0.717) is 37.6 Å². The molecule has 0 aromatic heterocycles. The summed E-state index contributed by atoms with van der Waals surface area (Å²) in [5.74, 6) is 2.07. The van der Waals surface area contributed by atoms with Gasteiger partial charge in [-0.15, -0.1) is 0 Å². The highest BCUT2D eigenvalue weighted by atomic mass is 16.5. The van der Waals surface area contributed by atoms with Gasteiger partial charge in [-0.2, -0.15) is 0 Å². The lowest BCUT2D eigenvalue weighted by Gasteiger charge is -2.18. The summed E-state index contributed by atoms with van der Waals surface area (Å²) in [6.07, 6.45) is 0.923. The lowest BCUT2D eigenvalue weighted by molar-refractivity contribution is -0.117. The van der Waals surface area contributed by atoms with Crippen molar-refractivity contribution >= 4 is 17.6 Å². The smallest absolute Gasteiger partial charge is 0.315 e. The van der Waals surface area contributed by atoms with Crippen molar-refractivity contribution in [3.63, 3.8) is 0 Å². The summed E-state index contributed by atoms with van der Waals surface area (Å²) in [5, 5.41) is 5.73. The number of methoxy groups -OCH3 is 2. The molecule has 1 atom stereocenters. The van der Waals surface area contributed by atoms with E-state index in [9.17, 15) is 9.59 Å². The van der Waals surface area contributed by atoms with Crippen LogP contribution in [0.15, 0.2) is 42.5 Å². The Kier molecular flexibility index (Phi) is 7.59. The highest BCUT2D eigenvalue weighted by molar-refractivity contribution is 5.96. The SMILES string of the molecule is CCOc1ccc(N2CC(NC(=O)NCCc3ccc(OC)c(OC)c3)CC2=O)cc1. The Morgan fingerprint density at radius 3 is 2.52 bits per heavy atom. The number of nitrogens with zero attached hydrogens (tertiary/aromatic N) is 1. The van der Waals surface area contributed by atoms with E-state index in [4.69, 9.17) is 14.2 Å². The fourth-order valence-electron chi connectivity index (χ4n) is 3.54. The predicted molar refractivity (Wildman–Crippen MR) is 118 cm³/mol. The first-order valence-electron chi connectivity index (χ1n) is 10.3. The third kappa shape index (κ3) is 5.81. The van der Waals surface area contributed by atoms with Crippen LogP contribution in [0.2, 0.25) is 0 Å². The Bertz CT molecular complexity index is 901. The van der Waals surface area contributed by atoms with E-state index in [0.717, 1.165) is 17.0 Å². The number of ether oxygens (including phenoxy) is 3. The van der Waals surface area contributed by atoms with Gasteiger partial charge in [-0.05, 0) is 55.3 Å². The number of hydrogen-bond donors (Lipinski definition) is 2. The average molecular weight is 428 g/mol. The normalized spacial score (nSPS) is 15.5. The molecule has 3 amide bonds. The first-order chi connectivity index (χ1) is 15.0. The van der Waals surface area contributed by atoms with E-state index in [2.05, 4.69) is 10.6 Å². The average Bonchev–Trinajstić information content (AvgIpc) is 3.14. The zero-order valence-corrected chi connectivity index (χ0v) is 18.1. The summed E-state index contributed by atoms with van der Waals surface area (Å²) in [5.41, 5.74) is 1.82. The highest BCUT2D eigenvalue weighted by Gasteiger charge is 2.31. The number of benzene rings is 2. The molecule has 1 unspecified atom stereocenters. The van der Waals surface area contributed by atoms with Gasteiger partial charge in [0.1, 0.15) is 5.75 Å². The fraction of sp³-hybridized carbons (Fsp3) is 0.391. The van der Waals surface area contributed by atoms with E-state index in [1.54, 1.807) is 19.1 Å². The summed E-state index contributed by atoms with van der Waals surface area (Å²) in [6, 6.07) is 12.5. The van der Waals surface area contributed by atoms with Crippen molar-refractivity contribution in [1.82, 2.24) is 10.6 Å². The quantitative estimate of drug-likeness (QED) is 0.642. The topological polar surface area (TPSA) is 89.1 Å². The van der Waals surface area contributed by atoms with Crippen LogP contribution < -0.4 is 29.7 Å². The van der Waals surface area contributed by atoms with Crippen molar-refractivity contribution in [2.24, 2.45) is 0 Å². The van der Waals surface area contributed by atoms with E-state index in [-0.39, 0.29) is 24.4 Å². The van der Waals surface area contributed by atoms with Crippen molar-refractivity contribution in [2.75, 3.05) is 38.8 Å². The summed E-state index contributed by atoms with van der Waals surface area (Å²) in [6.45, 7) is 3.42. The van der Waals surface area contributed by atoms with E-state index in [1.165, 1.54) is 0 Å². The molecule has 2 aromatic rings. The molecule has 3 rings (SSSR count). The largest absolute Gasteiger partial charge is 0.494 e. The van der Waals surface area contributed by atoms with E-state index in [1.807, 2.05) is 49.4 Å². The van der Waals surface area contributed by atoms with Crippen LogP contribution in [0.25, 0.3) is 0 Å². The maximum absolute atomic E-state index is 12.4. The van der Waals surface area contributed by atoms with Crippen LogP contribution >= 0.6 is 0 Å². The number of anilines is 1. The maximum atomic E-state index is 12.4. The zero-order valence-electron chi connectivity index (χ0n) is 18.1. The van der Waals surface area contributed by atoms with Crippen molar-refractivity contribution in [3.05, 3.63) is 48.0 Å². The number of hydrogen-bond acceptors (Lipinski definition) is 5. The standard InChI is InChI=1S/C23H29N3O5/c1-4-31-19-8-6-18(7-9-19)26-15-17(14-22(26)27)25-23(28)24-12-11-16-5-10-20(29-2)21(13-16)30-3/h5-10,13,17H,4,11-12,14-15H2,1-3H3,(H2,24,25,28). The molecule has 2 N–H and O–H groups in total. The molecule has 0 spiro atoms. The van der Waals surface area contributed by atoms with Gasteiger partial charge < -0.3 is 29.7 Å². The Morgan fingerprint density at radius 1 is 1.10 bits per heavy atom. The van der Waals surface area contributed by atoms with Gasteiger partial charge in [-0.1, -0.05) is 6.07 Å². The highest BCUT2D eigenvalue weighted by Crippen LogP contribution is 2.27.